The summed E-state index contributed by atoms with van der Waals surface area (Å²) in [6.45, 7) is 5.74. The molecule has 1 heterocycles. The van der Waals surface area contributed by atoms with Crippen LogP contribution in [0.2, 0.25) is 0 Å². The monoisotopic (exact) mass is 492 g/mol. The standard InChI is InChI=1S/C28H32N2O4S/c1-4-28(5-2)19-25(24-13-9-10-14-26(24)34-28)29-27(31)20-30(22-11-7-6-8-12-22)35(32,33)23-17-15-21(3)16-18-23/h6-18,25H,4-5,19-20H2,1-3H3,(H,29,31). The molecule has 0 fully saturated rings. The molecule has 4 rings (SSSR count). The van der Waals surface area contributed by atoms with Gasteiger partial charge in [0.15, 0.2) is 0 Å². The van der Waals surface area contributed by atoms with Crippen molar-refractivity contribution in [1.82, 2.24) is 5.32 Å². The van der Waals surface area contributed by atoms with Gasteiger partial charge in [0, 0.05) is 12.0 Å². The molecule has 184 valence electrons. The van der Waals surface area contributed by atoms with Crippen molar-refractivity contribution in [2.24, 2.45) is 0 Å². The Morgan fingerprint density at radius 1 is 0.971 bits per heavy atom. The van der Waals surface area contributed by atoms with E-state index in [-0.39, 0.29) is 29.0 Å². The fraction of sp³-hybridized carbons (Fsp3) is 0.321. The van der Waals surface area contributed by atoms with Gasteiger partial charge in [-0.3, -0.25) is 9.10 Å². The molecule has 0 bridgehead atoms. The molecule has 0 radical (unpaired) electrons. The average Bonchev–Trinajstić information content (AvgIpc) is 2.87. The van der Waals surface area contributed by atoms with Crippen LogP contribution in [-0.2, 0) is 14.8 Å². The molecule has 1 aliphatic heterocycles. The SMILES string of the molecule is CCC1(CC)CC(NC(=O)CN(c2ccccc2)S(=O)(=O)c2ccc(C)cc2)c2ccccc2O1. The van der Waals surface area contributed by atoms with E-state index in [1.54, 1.807) is 48.5 Å². The van der Waals surface area contributed by atoms with Crippen LogP contribution in [0, 0.1) is 6.92 Å². The second kappa shape index (κ2) is 10.1. The summed E-state index contributed by atoms with van der Waals surface area (Å²) in [6.07, 6.45) is 2.24. The first-order valence-corrected chi connectivity index (χ1v) is 13.4. The van der Waals surface area contributed by atoms with E-state index in [0.29, 0.717) is 12.1 Å². The number of amides is 1. The molecule has 0 saturated carbocycles. The minimum absolute atomic E-state index is 0.146. The zero-order chi connectivity index (χ0) is 25.1. The van der Waals surface area contributed by atoms with Crippen LogP contribution < -0.4 is 14.4 Å². The zero-order valence-electron chi connectivity index (χ0n) is 20.4. The second-order valence-electron chi connectivity index (χ2n) is 9.01. The van der Waals surface area contributed by atoms with Gasteiger partial charge < -0.3 is 10.1 Å². The third-order valence-electron chi connectivity index (χ3n) is 6.76. The topological polar surface area (TPSA) is 75.7 Å². The lowest BCUT2D eigenvalue weighted by Gasteiger charge is -2.41. The Balaban J connectivity index is 1.63. The fourth-order valence-electron chi connectivity index (χ4n) is 4.55. The van der Waals surface area contributed by atoms with Gasteiger partial charge in [0.05, 0.1) is 16.6 Å². The van der Waals surface area contributed by atoms with E-state index in [2.05, 4.69) is 19.2 Å². The second-order valence-corrected chi connectivity index (χ2v) is 10.9. The third kappa shape index (κ3) is 5.20. The number of ether oxygens (including phenoxy) is 1. The van der Waals surface area contributed by atoms with Gasteiger partial charge in [-0.1, -0.05) is 67.9 Å². The summed E-state index contributed by atoms with van der Waals surface area (Å²) in [4.78, 5) is 13.5. The number of anilines is 1. The fourth-order valence-corrected chi connectivity index (χ4v) is 5.97. The lowest BCUT2D eigenvalue weighted by atomic mass is 9.83. The number of benzene rings is 3. The Kier molecular flexibility index (Phi) is 7.17. The Hall–Kier alpha value is -3.32. The molecule has 1 atom stereocenters. The highest BCUT2D eigenvalue weighted by molar-refractivity contribution is 7.92. The highest BCUT2D eigenvalue weighted by Crippen LogP contribution is 2.42. The molecule has 0 aliphatic carbocycles. The third-order valence-corrected chi connectivity index (χ3v) is 8.55. The van der Waals surface area contributed by atoms with Gasteiger partial charge in [-0.25, -0.2) is 8.42 Å². The van der Waals surface area contributed by atoms with Gasteiger partial charge in [-0.15, -0.1) is 0 Å². The highest BCUT2D eigenvalue weighted by atomic mass is 32.2. The number of aryl methyl sites for hydroxylation is 1. The first-order valence-electron chi connectivity index (χ1n) is 12.0. The molecule has 0 aromatic heterocycles. The predicted octanol–water partition coefficient (Wildman–Crippen LogP) is 5.39. The minimum atomic E-state index is -3.95. The number of nitrogens with one attached hydrogen (secondary N) is 1. The maximum Gasteiger partial charge on any atom is 0.264 e. The molecule has 1 unspecified atom stereocenters. The van der Waals surface area contributed by atoms with Crippen molar-refractivity contribution >= 4 is 21.6 Å². The predicted molar refractivity (Wildman–Crippen MR) is 138 cm³/mol. The normalized spacial score (nSPS) is 16.6. The highest BCUT2D eigenvalue weighted by Gasteiger charge is 2.39. The molecule has 1 amide bonds. The molecule has 1 aliphatic rings. The van der Waals surface area contributed by atoms with E-state index in [1.165, 1.54) is 4.31 Å². The van der Waals surface area contributed by atoms with Gasteiger partial charge in [0.1, 0.15) is 17.9 Å². The molecule has 35 heavy (non-hydrogen) atoms. The van der Waals surface area contributed by atoms with Gasteiger partial charge in [-0.05, 0) is 50.1 Å². The summed E-state index contributed by atoms with van der Waals surface area (Å²) in [6, 6.07) is 22.8. The number of hydrogen-bond acceptors (Lipinski definition) is 4. The van der Waals surface area contributed by atoms with Gasteiger partial charge in [0.25, 0.3) is 10.0 Å². The van der Waals surface area contributed by atoms with Crippen LogP contribution in [0.3, 0.4) is 0 Å². The molecule has 7 heteroatoms. The van der Waals surface area contributed by atoms with Crippen molar-refractivity contribution in [2.75, 3.05) is 10.8 Å². The number of carbonyl (C=O) groups is 1. The smallest absolute Gasteiger partial charge is 0.264 e. The molecule has 6 nitrogen and oxygen atoms in total. The largest absolute Gasteiger partial charge is 0.487 e. The van der Waals surface area contributed by atoms with E-state index >= 15 is 0 Å². The lowest BCUT2D eigenvalue weighted by Crippen LogP contribution is -2.47. The number of fused-ring (bicyclic) bond motifs is 1. The first-order chi connectivity index (χ1) is 16.8. The summed E-state index contributed by atoms with van der Waals surface area (Å²) >= 11 is 0. The van der Waals surface area contributed by atoms with Crippen molar-refractivity contribution in [3.63, 3.8) is 0 Å². The number of nitrogens with zero attached hydrogens (tertiary/aromatic N) is 1. The lowest BCUT2D eigenvalue weighted by molar-refractivity contribution is -0.121. The van der Waals surface area contributed by atoms with Crippen molar-refractivity contribution in [1.29, 1.82) is 0 Å². The van der Waals surface area contributed by atoms with Crippen LogP contribution in [0.4, 0.5) is 5.69 Å². The molecule has 0 spiro atoms. The van der Waals surface area contributed by atoms with Crippen LogP contribution in [0.5, 0.6) is 5.75 Å². The summed E-state index contributed by atoms with van der Waals surface area (Å²) in [5, 5.41) is 3.11. The van der Waals surface area contributed by atoms with E-state index in [9.17, 15) is 13.2 Å². The van der Waals surface area contributed by atoms with Crippen LogP contribution in [0.15, 0.2) is 83.8 Å². The number of hydrogen-bond donors (Lipinski definition) is 1. The van der Waals surface area contributed by atoms with Crippen molar-refractivity contribution in [2.45, 2.75) is 56.6 Å². The maximum atomic E-state index is 13.6. The minimum Gasteiger partial charge on any atom is -0.487 e. The number of carbonyl (C=O) groups excluding carboxylic acids is 1. The molecule has 3 aromatic carbocycles. The molecule has 3 aromatic rings. The maximum absolute atomic E-state index is 13.6. The summed E-state index contributed by atoms with van der Waals surface area (Å²) in [5.41, 5.74) is 1.93. The van der Waals surface area contributed by atoms with Crippen molar-refractivity contribution < 1.29 is 17.9 Å². The molecular formula is C28H32N2O4S. The molecular weight excluding hydrogens is 460 g/mol. The zero-order valence-corrected chi connectivity index (χ0v) is 21.2. The van der Waals surface area contributed by atoms with Gasteiger partial charge >= 0.3 is 0 Å². The Morgan fingerprint density at radius 3 is 2.26 bits per heavy atom. The Bertz CT molecular complexity index is 1270. The summed E-state index contributed by atoms with van der Waals surface area (Å²) in [5.74, 6) is 0.396. The average molecular weight is 493 g/mol. The molecule has 1 N–H and O–H groups in total. The number of sulfonamides is 1. The van der Waals surface area contributed by atoms with Gasteiger partial charge in [0.2, 0.25) is 5.91 Å². The van der Waals surface area contributed by atoms with Crippen LogP contribution >= 0.6 is 0 Å². The quantitative estimate of drug-likeness (QED) is 0.458. The van der Waals surface area contributed by atoms with E-state index < -0.39 is 10.0 Å². The van der Waals surface area contributed by atoms with E-state index in [4.69, 9.17) is 4.74 Å². The summed E-state index contributed by atoms with van der Waals surface area (Å²) in [7, 11) is -3.95. The van der Waals surface area contributed by atoms with Crippen LogP contribution in [0.25, 0.3) is 0 Å². The first kappa shape index (κ1) is 24.8. The van der Waals surface area contributed by atoms with Crippen molar-refractivity contribution in [3.05, 3.63) is 90.0 Å². The Labute approximate surface area is 208 Å². The number of para-hydroxylation sites is 2. The van der Waals surface area contributed by atoms with Crippen LogP contribution in [-0.4, -0.2) is 26.5 Å². The van der Waals surface area contributed by atoms with E-state index in [0.717, 1.165) is 29.7 Å². The number of rotatable bonds is 8. The summed E-state index contributed by atoms with van der Waals surface area (Å²) < 4.78 is 34.7. The van der Waals surface area contributed by atoms with E-state index in [1.807, 2.05) is 37.3 Å². The molecule has 0 saturated heterocycles. The Morgan fingerprint density at radius 2 is 1.60 bits per heavy atom. The van der Waals surface area contributed by atoms with Crippen molar-refractivity contribution in [3.8, 4) is 5.75 Å². The van der Waals surface area contributed by atoms with Crippen LogP contribution in [0.1, 0.15) is 50.3 Å². The van der Waals surface area contributed by atoms with Gasteiger partial charge in [-0.2, -0.15) is 0 Å².